The highest BCUT2D eigenvalue weighted by Crippen LogP contribution is 2.29. The Labute approximate surface area is 237 Å². The fourth-order valence-corrected chi connectivity index (χ4v) is 5.17. The number of oxazole rings is 1. The van der Waals surface area contributed by atoms with E-state index in [4.69, 9.17) is 4.42 Å². The Kier molecular flexibility index (Phi) is 7.68. The van der Waals surface area contributed by atoms with Crippen LogP contribution in [0.2, 0.25) is 0 Å². The summed E-state index contributed by atoms with van der Waals surface area (Å²) in [5.41, 5.74) is 3.96. The van der Waals surface area contributed by atoms with E-state index in [1.807, 2.05) is 13.8 Å². The van der Waals surface area contributed by atoms with Crippen molar-refractivity contribution in [3.05, 3.63) is 114 Å². The molecule has 0 atom stereocenters. The number of sulfonamides is 2. The summed E-state index contributed by atoms with van der Waals surface area (Å²) in [6.45, 7) is 3.73. The van der Waals surface area contributed by atoms with Crippen molar-refractivity contribution in [2.24, 2.45) is 19.3 Å². The van der Waals surface area contributed by atoms with E-state index in [0.717, 1.165) is 11.1 Å². The number of hydrogen-bond donors (Lipinski definition) is 0. The third-order valence-electron chi connectivity index (χ3n) is 5.94. The first-order valence-electron chi connectivity index (χ1n) is 12.3. The topological polar surface area (TPSA) is 144 Å². The van der Waals surface area contributed by atoms with E-state index in [1.165, 1.54) is 24.3 Å². The number of aromatic nitrogens is 1. The monoisotopic (exact) mass is 585 g/mol. The summed E-state index contributed by atoms with van der Waals surface area (Å²) >= 11 is 0. The van der Waals surface area contributed by atoms with Gasteiger partial charge in [0.1, 0.15) is 0 Å². The standard InChI is InChI=1S/C29H23N5O5S2/c1-20-3-15-26(16-4-20)40(35,36)33-31-24-11-7-22(8-12-24)28-19-30-29(39-28)23-9-13-25(14-10-23)32-34-41(37,38)27-17-5-21(2)6-18-27/h3-19H,1-2H3. The summed E-state index contributed by atoms with van der Waals surface area (Å²) in [4.78, 5) is 4.46. The Morgan fingerprint density at radius 2 is 0.976 bits per heavy atom. The highest BCUT2D eigenvalue weighted by Gasteiger charge is 2.14. The van der Waals surface area contributed by atoms with Gasteiger partial charge in [0.05, 0.1) is 27.4 Å². The molecule has 0 bridgehead atoms. The van der Waals surface area contributed by atoms with Crippen molar-refractivity contribution in [1.82, 2.24) is 4.98 Å². The van der Waals surface area contributed by atoms with Gasteiger partial charge in [-0.1, -0.05) is 44.4 Å². The van der Waals surface area contributed by atoms with Gasteiger partial charge in [0.2, 0.25) is 5.89 Å². The van der Waals surface area contributed by atoms with E-state index in [2.05, 4.69) is 24.3 Å². The van der Waals surface area contributed by atoms with Crippen LogP contribution in [0.4, 0.5) is 11.4 Å². The van der Waals surface area contributed by atoms with E-state index in [1.54, 1.807) is 79.0 Å². The minimum Gasteiger partial charge on any atom is -0.436 e. The fourth-order valence-electron chi connectivity index (χ4n) is 3.62. The quantitative estimate of drug-likeness (QED) is 0.172. The average Bonchev–Trinajstić information content (AvgIpc) is 3.47. The molecule has 41 heavy (non-hydrogen) atoms. The number of rotatable bonds is 8. The molecule has 0 radical (unpaired) electrons. The molecule has 5 rings (SSSR count). The van der Waals surface area contributed by atoms with E-state index in [0.29, 0.717) is 34.2 Å². The number of hydrogen-bond acceptors (Lipinski definition) is 8. The van der Waals surface area contributed by atoms with Gasteiger partial charge in [-0.2, -0.15) is 16.8 Å². The third-order valence-corrected chi connectivity index (χ3v) is 8.27. The van der Waals surface area contributed by atoms with Gasteiger partial charge >= 0.3 is 0 Å². The summed E-state index contributed by atoms with van der Waals surface area (Å²) in [5.74, 6) is 0.840. The first-order valence-corrected chi connectivity index (χ1v) is 15.1. The molecular formula is C29H23N5O5S2. The number of aryl methyl sites for hydroxylation is 2. The normalized spacial score (nSPS) is 12.3. The molecule has 0 N–H and O–H groups in total. The molecule has 0 saturated heterocycles. The van der Waals surface area contributed by atoms with E-state index >= 15 is 0 Å². The largest absolute Gasteiger partial charge is 0.436 e. The van der Waals surface area contributed by atoms with Crippen LogP contribution in [-0.2, 0) is 20.0 Å². The lowest BCUT2D eigenvalue weighted by atomic mass is 10.2. The molecule has 4 aromatic carbocycles. The van der Waals surface area contributed by atoms with Crippen LogP contribution in [0.15, 0.2) is 137 Å². The molecule has 0 fully saturated rings. The van der Waals surface area contributed by atoms with Crippen LogP contribution in [0, 0.1) is 13.8 Å². The van der Waals surface area contributed by atoms with E-state index in [9.17, 15) is 16.8 Å². The van der Waals surface area contributed by atoms with Crippen molar-refractivity contribution < 1.29 is 21.3 Å². The molecule has 5 aromatic rings. The molecule has 0 amide bonds. The van der Waals surface area contributed by atoms with Gasteiger partial charge < -0.3 is 4.42 Å². The predicted octanol–water partition coefficient (Wildman–Crippen LogP) is 7.57. The molecule has 0 spiro atoms. The van der Waals surface area contributed by atoms with Crippen LogP contribution in [-0.4, -0.2) is 21.8 Å². The van der Waals surface area contributed by atoms with Crippen molar-refractivity contribution >= 4 is 31.4 Å². The Hall–Kier alpha value is -4.81. The molecule has 10 nitrogen and oxygen atoms in total. The van der Waals surface area contributed by atoms with Crippen LogP contribution in [0.3, 0.4) is 0 Å². The minimum absolute atomic E-state index is 0.0687. The van der Waals surface area contributed by atoms with Gasteiger partial charge in [-0.25, -0.2) is 4.98 Å². The van der Waals surface area contributed by atoms with Crippen molar-refractivity contribution in [3.8, 4) is 22.8 Å². The predicted molar refractivity (Wildman–Crippen MR) is 153 cm³/mol. The lowest BCUT2D eigenvalue weighted by Crippen LogP contribution is -1.95. The van der Waals surface area contributed by atoms with Gasteiger partial charge in [0, 0.05) is 11.1 Å². The fraction of sp³-hybridized carbons (Fsp3) is 0.0690. The second-order valence-electron chi connectivity index (χ2n) is 9.06. The first kappa shape index (κ1) is 27.7. The van der Waals surface area contributed by atoms with Crippen molar-refractivity contribution in [1.29, 1.82) is 0 Å². The molecule has 1 heterocycles. The van der Waals surface area contributed by atoms with E-state index < -0.39 is 20.0 Å². The lowest BCUT2D eigenvalue weighted by molar-refractivity contribution is 0.588. The van der Waals surface area contributed by atoms with Gasteiger partial charge in [0.25, 0.3) is 20.0 Å². The third kappa shape index (κ3) is 6.68. The van der Waals surface area contributed by atoms with Crippen LogP contribution in [0.5, 0.6) is 0 Å². The second kappa shape index (κ2) is 11.4. The highest BCUT2D eigenvalue weighted by molar-refractivity contribution is 7.90. The maximum Gasteiger partial charge on any atom is 0.299 e. The molecule has 0 unspecified atom stereocenters. The van der Waals surface area contributed by atoms with E-state index in [-0.39, 0.29) is 9.79 Å². The maximum atomic E-state index is 12.4. The molecule has 0 aliphatic carbocycles. The van der Waals surface area contributed by atoms with Gasteiger partial charge in [-0.3, -0.25) is 0 Å². The number of benzene rings is 4. The van der Waals surface area contributed by atoms with Crippen LogP contribution >= 0.6 is 0 Å². The van der Waals surface area contributed by atoms with Crippen molar-refractivity contribution in [2.45, 2.75) is 23.6 Å². The zero-order valence-corrected chi connectivity index (χ0v) is 23.5. The minimum atomic E-state index is -3.91. The maximum absolute atomic E-state index is 12.4. The molecule has 206 valence electrons. The summed E-state index contributed by atoms with van der Waals surface area (Å²) in [7, 11) is -7.81. The second-order valence-corrected chi connectivity index (χ2v) is 12.2. The lowest BCUT2D eigenvalue weighted by Gasteiger charge is -2.00. The molecule has 0 saturated carbocycles. The first-order chi connectivity index (χ1) is 19.6. The van der Waals surface area contributed by atoms with Gasteiger partial charge in [-0.15, -0.1) is 10.2 Å². The van der Waals surface area contributed by atoms with Crippen LogP contribution in [0.1, 0.15) is 11.1 Å². The Balaban J connectivity index is 1.26. The van der Waals surface area contributed by atoms with Gasteiger partial charge in [0.15, 0.2) is 5.76 Å². The zero-order valence-electron chi connectivity index (χ0n) is 21.9. The van der Waals surface area contributed by atoms with Crippen LogP contribution in [0.25, 0.3) is 22.8 Å². The Bertz CT molecular complexity index is 1800. The molecular weight excluding hydrogens is 562 g/mol. The summed E-state index contributed by atoms with van der Waals surface area (Å²) in [6.07, 6.45) is 1.56. The molecule has 1 aromatic heterocycles. The summed E-state index contributed by atoms with van der Waals surface area (Å²) in [6, 6.07) is 26.0. The molecule has 0 aliphatic heterocycles. The smallest absolute Gasteiger partial charge is 0.299 e. The van der Waals surface area contributed by atoms with Crippen molar-refractivity contribution in [3.63, 3.8) is 0 Å². The summed E-state index contributed by atoms with van der Waals surface area (Å²) < 4.78 is 62.5. The number of nitrogens with zero attached hydrogens (tertiary/aromatic N) is 5. The summed E-state index contributed by atoms with van der Waals surface area (Å²) in [5, 5.41) is 7.72. The molecule has 12 heteroatoms. The zero-order chi connectivity index (χ0) is 29.0. The Morgan fingerprint density at radius 1 is 0.561 bits per heavy atom. The van der Waals surface area contributed by atoms with Crippen molar-refractivity contribution in [2.75, 3.05) is 0 Å². The van der Waals surface area contributed by atoms with Crippen LogP contribution < -0.4 is 0 Å². The van der Waals surface area contributed by atoms with Gasteiger partial charge in [-0.05, 0) is 86.6 Å². The average molecular weight is 586 g/mol. The molecule has 0 aliphatic rings. The highest BCUT2D eigenvalue weighted by atomic mass is 32.2. The Morgan fingerprint density at radius 3 is 1.41 bits per heavy atom. The SMILES string of the molecule is Cc1ccc(S(=O)(=O)N=Nc2ccc(-c3cnc(-c4ccc(N=NS(=O)(=O)c5ccc(C)cc5)cc4)o3)cc2)cc1.